The highest BCUT2D eigenvalue weighted by atomic mass is 32.2. The van der Waals surface area contributed by atoms with Gasteiger partial charge in [-0.25, -0.2) is 4.99 Å². The Hall–Kier alpha value is -2.57. The lowest BCUT2D eigenvalue weighted by atomic mass is 10.1. The number of ether oxygens (including phenoxy) is 1. The predicted octanol–water partition coefficient (Wildman–Crippen LogP) is 4.34. The molecule has 1 N–H and O–H groups in total. The molecule has 29 heavy (non-hydrogen) atoms. The van der Waals surface area contributed by atoms with Crippen molar-refractivity contribution in [3.63, 3.8) is 0 Å². The van der Waals surface area contributed by atoms with Crippen LogP contribution in [0.25, 0.3) is 6.08 Å². The Bertz CT molecular complexity index is 1010. The summed E-state index contributed by atoms with van der Waals surface area (Å²) in [5.41, 5.74) is 6.60. The van der Waals surface area contributed by atoms with E-state index in [2.05, 4.69) is 53.3 Å². The molecule has 6 heteroatoms. The van der Waals surface area contributed by atoms with Crippen LogP contribution in [0.2, 0.25) is 0 Å². The van der Waals surface area contributed by atoms with Crippen molar-refractivity contribution in [2.45, 2.75) is 20.8 Å². The summed E-state index contributed by atoms with van der Waals surface area (Å²) in [7, 11) is 0. The predicted molar refractivity (Wildman–Crippen MR) is 121 cm³/mol. The number of carbonyl (C=O) groups is 1. The molecule has 0 bridgehead atoms. The number of carbonyl (C=O) groups excluding carboxylic acids is 1. The molecule has 2 saturated heterocycles. The monoisotopic (exact) mass is 407 g/mol. The van der Waals surface area contributed by atoms with Crippen LogP contribution in [0.1, 0.15) is 22.3 Å². The van der Waals surface area contributed by atoms with Gasteiger partial charge in [0, 0.05) is 18.8 Å². The van der Waals surface area contributed by atoms with Gasteiger partial charge >= 0.3 is 0 Å². The molecule has 5 nitrogen and oxygen atoms in total. The van der Waals surface area contributed by atoms with E-state index in [1.54, 1.807) is 0 Å². The molecule has 4 rings (SSSR count). The Morgan fingerprint density at radius 1 is 1.10 bits per heavy atom. The lowest BCUT2D eigenvalue weighted by Crippen LogP contribution is -2.36. The number of anilines is 1. The van der Waals surface area contributed by atoms with Crippen LogP contribution in [0.15, 0.2) is 46.3 Å². The van der Waals surface area contributed by atoms with E-state index in [0.29, 0.717) is 10.1 Å². The van der Waals surface area contributed by atoms with E-state index in [9.17, 15) is 4.79 Å². The molecule has 150 valence electrons. The topological polar surface area (TPSA) is 53.9 Å². The van der Waals surface area contributed by atoms with Crippen molar-refractivity contribution < 1.29 is 9.53 Å². The second-order valence-corrected chi connectivity index (χ2v) is 8.37. The Balaban J connectivity index is 1.54. The van der Waals surface area contributed by atoms with E-state index in [0.717, 1.165) is 48.7 Å². The number of benzene rings is 2. The lowest BCUT2D eigenvalue weighted by Gasteiger charge is -2.29. The van der Waals surface area contributed by atoms with E-state index in [4.69, 9.17) is 4.74 Å². The lowest BCUT2D eigenvalue weighted by molar-refractivity contribution is -0.115. The zero-order chi connectivity index (χ0) is 20.4. The summed E-state index contributed by atoms with van der Waals surface area (Å²) in [5, 5.41) is 3.51. The van der Waals surface area contributed by atoms with Gasteiger partial charge in [-0.15, -0.1) is 0 Å². The Kier molecular flexibility index (Phi) is 5.74. The normalized spacial score (nSPS) is 19.8. The number of thioether (sulfide) groups is 1. The number of nitrogens with zero attached hydrogens (tertiary/aromatic N) is 2. The fourth-order valence-electron chi connectivity index (χ4n) is 3.43. The number of morpholine rings is 1. The number of amidine groups is 1. The summed E-state index contributed by atoms with van der Waals surface area (Å²) >= 11 is 1.39. The van der Waals surface area contributed by atoms with E-state index in [1.165, 1.54) is 23.0 Å². The maximum Gasteiger partial charge on any atom is 0.264 e. The molecule has 1 amide bonds. The highest BCUT2D eigenvalue weighted by Crippen LogP contribution is 2.31. The van der Waals surface area contributed by atoms with Crippen LogP contribution in [0.4, 0.5) is 11.4 Å². The van der Waals surface area contributed by atoms with Crippen molar-refractivity contribution in [3.8, 4) is 0 Å². The molecule has 0 aromatic heterocycles. The van der Waals surface area contributed by atoms with Crippen LogP contribution >= 0.6 is 11.8 Å². The van der Waals surface area contributed by atoms with Crippen LogP contribution in [0, 0.1) is 20.8 Å². The quantitative estimate of drug-likeness (QED) is 0.769. The maximum absolute atomic E-state index is 12.5. The molecule has 0 unspecified atom stereocenters. The number of rotatable bonds is 3. The van der Waals surface area contributed by atoms with E-state index >= 15 is 0 Å². The van der Waals surface area contributed by atoms with Crippen molar-refractivity contribution >= 4 is 40.3 Å². The number of nitrogens with one attached hydrogen (secondary N) is 1. The van der Waals surface area contributed by atoms with Crippen molar-refractivity contribution in [2.75, 3.05) is 31.2 Å². The summed E-state index contributed by atoms with van der Waals surface area (Å²) in [5.74, 6) is -0.101. The third-order valence-corrected chi connectivity index (χ3v) is 6.27. The highest BCUT2D eigenvalue weighted by Gasteiger charge is 2.24. The molecule has 2 aromatic carbocycles. The van der Waals surface area contributed by atoms with Crippen molar-refractivity contribution in [2.24, 2.45) is 4.99 Å². The van der Waals surface area contributed by atoms with Gasteiger partial charge in [0.05, 0.1) is 23.8 Å². The molecule has 2 fully saturated rings. The Morgan fingerprint density at radius 3 is 2.66 bits per heavy atom. The fraction of sp³-hybridized carbons (Fsp3) is 0.304. The molecule has 0 atom stereocenters. The van der Waals surface area contributed by atoms with Gasteiger partial charge in [-0.05, 0) is 79.1 Å². The third kappa shape index (κ3) is 4.38. The van der Waals surface area contributed by atoms with Gasteiger partial charge in [0.1, 0.15) is 0 Å². The summed E-state index contributed by atoms with van der Waals surface area (Å²) < 4.78 is 5.43. The van der Waals surface area contributed by atoms with E-state index < -0.39 is 0 Å². The van der Waals surface area contributed by atoms with Crippen LogP contribution in [0.3, 0.4) is 0 Å². The molecule has 2 aliphatic rings. The first-order valence-corrected chi connectivity index (χ1v) is 10.6. The molecule has 0 spiro atoms. The van der Waals surface area contributed by atoms with Crippen LogP contribution in [0.5, 0.6) is 0 Å². The Labute approximate surface area is 175 Å². The molecule has 0 saturated carbocycles. The molecule has 2 heterocycles. The van der Waals surface area contributed by atoms with Crippen molar-refractivity contribution in [1.82, 2.24) is 5.32 Å². The minimum absolute atomic E-state index is 0.101. The van der Waals surface area contributed by atoms with E-state index in [1.807, 2.05) is 25.1 Å². The van der Waals surface area contributed by atoms with Gasteiger partial charge in [-0.3, -0.25) is 4.79 Å². The highest BCUT2D eigenvalue weighted by molar-refractivity contribution is 8.18. The third-order valence-electron chi connectivity index (χ3n) is 5.37. The first-order chi connectivity index (χ1) is 14.0. The minimum atomic E-state index is -0.101. The number of hydrogen-bond acceptors (Lipinski definition) is 5. The second kappa shape index (κ2) is 8.43. The maximum atomic E-state index is 12.5. The molecular weight excluding hydrogens is 382 g/mol. The van der Waals surface area contributed by atoms with Crippen molar-refractivity contribution in [1.29, 1.82) is 0 Å². The molecular formula is C23H25N3O2S. The first kappa shape index (κ1) is 19.7. The zero-order valence-corrected chi connectivity index (χ0v) is 17.8. The van der Waals surface area contributed by atoms with Gasteiger partial charge in [0.2, 0.25) is 0 Å². The largest absolute Gasteiger partial charge is 0.378 e. The standard InChI is InChI=1S/C23H25N3O2S/c1-15-5-4-6-20(17(15)3)24-23-25-22(27)21(29-23)14-18-7-8-19(13-16(18)2)26-9-11-28-12-10-26/h4-8,13-14H,9-12H2,1-3H3,(H,24,25,27)/b21-14+. The zero-order valence-electron chi connectivity index (χ0n) is 17.0. The molecule has 0 radical (unpaired) electrons. The van der Waals surface area contributed by atoms with Crippen LogP contribution < -0.4 is 10.2 Å². The number of amides is 1. The molecule has 0 aliphatic carbocycles. The Morgan fingerprint density at radius 2 is 1.90 bits per heavy atom. The van der Waals surface area contributed by atoms with Gasteiger partial charge in [-0.2, -0.15) is 0 Å². The fourth-order valence-corrected chi connectivity index (χ4v) is 4.25. The van der Waals surface area contributed by atoms with Crippen molar-refractivity contribution in [3.05, 3.63) is 63.6 Å². The van der Waals surface area contributed by atoms with Gasteiger partial charge in [-0.1, -0.05) is 18.2 Å². The second-order valence-electron chi connectivity index (χ2n) is 7.34. The van der Waals surface area contributed by atoms with Gasteiger partial charge < -0.3 is 15.0 Å². The average Bonchev–Trinajstić information content (AvgIpc) is 3.06. The average molecular weight is 408 g/mol. The summed E-state index contributed by atoms with van der Waals surface area (Å²) in [6.07, 6.45) is 1.95. The molecule has 2 aromatic rings. The summed E-state index contributed by atoms with van der Waals surface area (Å²) in [6, 6.07) is 12.4. The number of aliphatic imine (C=N–C) groups is 1. The van der Waals surface area contributed by atoms with E-state index in [-0.39, 0.29) is 5.91 Å². The first-order valence-electron chi connectivity index (χ1n) is 9.80. The summed E-state index contributed by atoms with van der Waals surface area (Å²) in [6.45, 7) is 9.56. The van der Waals surface area contributed by atoms with Crippen LogP contribution in [-0.4, -0.2) is 37.4 Å². The van der Waals surface area contributed by atoms with Gasteiger partial charge in [0.25, 0.3) is 5.91 Å². The SMILES string of the molecule is Cc1cc(N2CCOCC2)ccc1/C=C1/SC(=Nc2cccc(C)c2C)NC1=O. The summed E-state index contributed by atoms with van der Waals surface area (Å²) in [4.78, 5) is 20.1. The van der Waals surface area contributed by atoms with Gasteiger partial charge in [0.15, 0.2) is 5.17 Å². The smallest absolute Gasteiger partial charge is 0.264 e. The van der Waals surface area contributed by atoms with Crippen LogP contribution in [-0.2, 0) is 9.53 Å². The number of hydrogen-bond donors (Lipinski definition) is 1. The minimum Gasteiger partial charge on any atom is -0.378 e. The molecule has 2 aliphatic heterocycles. The number of aryl methyl sites for hydroxylation is 2.